The van der Waals surface area contributed by atoms with Crippen molar-refractivity contribution in [1.29, 1.82) is 0 Å². The van der Waals surface area contributed by atoms with Crippen molar-refractivity contribution in [2.24, 2.45) is 41.4 Å². The number of carbonyl (C=O) groups is 12. The molecule has 4 aliphatic carbocycles. The lowest BCUT2D eigenvalue weighted by Crippen LogP contribution is -2.65. The lowest BCUT2D eigenvalue weighted by molar-refractivity contribution is -0.219. The highest BCUT2D eigenvalue weighted by atomic mass is 19.4. The number of nitrogens with one attached hydrogen (secondary N) is 3. The quantitative estimate of drug-likeness (QED) is 0.144. The fourth-order valence-electron chi connectivity index (χ4n) is 17.0. The van der Waals surface area contributed by atoms with Crippen LogP contribution in [0.5, 0.6) is 0 Å². The maximum atomic E-state index is 15.7. The third-order valence-corrected chi connectivity index (χ3v) is 24.4. The molecule has 598 valence electrons. The predicted molar refractivity (Wildman–Crippen MR) is 375 cm³/mol. The Labute approximate surface area is 617 Å². The van der Waals surface area contributed by atoms with E-state index >= 15 is 37.5 Å². The third-order valence-electron chi connectivity index (χ3n) is 24.4. The largest absolute Gasteiger partial charge is 0.397 e. The molecule has 12 atom stereocenters. The summed E-state index contributed by atoms with van der Waals surface area (Å²) in [5.74, 6) is -16.8. The summed E-state index contributed by atoms with van der Waals surface area (Å²) in [6.07, 6.45) is -11.0. The molecular weight excluding hydrogens is 1400 g/mol. The molecule has 6 fully saturated rings. The van der Waals surface area contributed by atoms with Gasteiger partial charge in [-0.1, -0.05) is 71.4 Å². The average molecular weight is 1520 g/mol. The van der Waals surface area contributed by atoms with Crippen LogP contribution in [0.25, 0.3) is 0 Å². The summed E-state index contributed by atoms with van der Waals surface area (Å²) in [5.41, 5.74) is -1.67. The minimum absolute atomic E-state index is 0.00419. The van der Waals surface area contributed by atoms with E-state index in [0.29, 0.717) is 51.4 Å². The molecule has 106 heavy (non-hydrogen) atoms. The van der Waals surface area contributed by atoms with Gasteiger partial charge in [-0.05, 0) is 146 Å². The predicted octanol–water partition coefficient (Wildman–Crippen LogP) is 6.73. The van der Waals surface area contributed by atoms with E-state index < -0.39 is 224 Å². The van der Waals surface area contributed by atoms with E-state index in [4.69, 9.17) is 0 Å². The maximum absolute atomic E-state index is 15.7. The molecule has 2 saturated heterocycles. The monoisotopic (exact) mass is 1510 g/mol. The number of amides is 12. The zero-order valence-corrected chi connectivity index (χ0v) is 63.7. The number of carbonyl (C=O) groups excluding carboxylic acids is 12. The molecule has 2 bridgehead atoms. The van der Waals surface area contributed by atoms with Gasteiger partial charge in [0.05, 0.1) is 25.4 Å². The number of halogens is 8. The Bertz CT molecular complexity index is 3170. The summed E-state index contributed by atoms with van der Waals surface area (Å²) >= 11 is 0. The fraction of sp³-hybridized carbons (Fsp3) is 0.811. The van der Waals surface area contributed by atoms with Crippen molar-refractivity contribution < 1.29 is 92.7 Å². The van der Waals surface area contributed by atoms with E-state index in [0.717, 1.165) is 24.5 Å². The topological polar surface area (TPSA) is 270 Å². The summed E-state index contributed by atoms with van der Waals surface area (Å²) in [4.78, 5) is 191. The highest BCUT2D eigenvalue weighted by Gasteiger charge is 2.56. The zero-order valence-electron chi connectivity index (χ0n) is 63.7. The van der Waals surface area contributed by atoms with Gasteiger partial charge < -0.3 is 60.0 Å². The lowest BCUT2D eigenvalue weighted by atomic mass is 9.76. The number of hydrogen-bond acceptors (Lipinski definition) is 12. The Morgan fingerprint density at radius 1 is 0.632 bits per heavy atom. The Hall–Kier alpha value is -7.18. The van der Waals surface area contributed by atoms with Crippen LogP contribution in [0.15, 0.2) is 12.2 Å². The van der Waals surface area contributed by atoms with Crippen LogP contribution in [0.4, 0.5) is 35.1 Å². The van der Waals surface area contributed by atoms with Crippen molar-refractivity contribution in [2.75, 3.05) is 82.1 Å². The fourth-order valence-corrected chi connectivity index (χ4v) is 17.0. The normalized spacial score (nSPS) is 32.4. The first kappa shape index (κ1) is 86.1. The van der Waals surface area contributed by atoms with E-state index in [1.165, 1.54) is 75.9 Å². The van der Waals surface area contributed by atoms with Gasteiger partial charge in [-0.2, -0.15) is 26.3 Å². The second kappa shape index (κ2) is 36.8. The molecule has 0 aromatic carbocycles. The van der Waals surface area contributed by atoms with Crippen molar-refractivity contribution in [3.05, 3.63) is 12.2 Å². The van der Waals surface area contributed by atoms with Crippen LogP contribution < -0.4 is 16.0 Å². The van der Waals surface area contributed by atoms with Gasteiger partial charge in [0.2, 0.25) is 70.9 Å². The van der Waals surface area contributed by atoms with Gasteiger partial charge in [0, 0.05) is 69.0 Å². The molecule has 32 heteroatoms. The molecule has 3 aliphatic heterocycles. The van der Waals surface area contributed by atoms with Gasteiger partial charge in [0.1, 0.15) is 72.1 Å². The molecule has 12 amide bonds. The highest BCUT2D eigenvalue weighted by molar-refractivity contribution is 6.01. The van der Waals surface area contributed by atoms with Crippen molar-refractivity contribution in [1.82, 2.24) is 60.0 Å². The standard InChI is InChI=1S/C74H114F8N12O12/c1-13-43(4)61-69(104)88(8)42-59(97)90(10)53-25-17-16-22-34-93(68(53)103)56(38-46-26-29-49(30-27-46)73(77,78)79)67(102)87(7)41-57(95)83-52(31-28-47-35-50(75)60(51(76)36-47)74(80,81)82)65(100)94-40-45(14-2)37-54(94)64(99)85-72(32-20-21-33-72)71(106)92(12)62(48-23-18-19-24-48)70(105)91(11)55(66(101)86(6)15-3)39-58(96)89(9)44(5)63(98)84-61/h16-17,43-56,60-62H,13-15,18-42H2,1-12H3,(H,83,95)(H,84,98)(H,85,99)/b17-16-/t43-,44-,45+,46?,47?,49?,50?,51?,52-,53-,54-,55-,56-,60?,61-,62-/m0/s1. The van der Waals surface area contributed by atoms with E-state index in [9.17, 15) is 55.1 Å². The molecule has 0 aromatic rings. The molecular formula is C74H114F8N12O12. The maximum Gasteiger partial charge on any atom is 0.397 e. The first-order chi connectivity index (χ1) is 49.7. The van der Waals surface area contributed by atoms with Crippen molar-refractivity contribution in [2.45, 2.75) is 261 Å². The molecule has 0 aromatic heterocycles. The molecule has 3 heterocycles. The van der Waals surface area contributed by atoms with E-state index in [1.807, 2.05) is 6.92 Å². The smallest absolute Gasteiger partial charge is 0.344 e. The van der Waals surface area contributed by atoms with Crippen molar-refractivity contribution in [3.63, 3.8) is 0 Å². The molecule has 3 N–H and O–H groups in total. The minimum Gasteiger partial charge on any atom is -0.344 e. The molecule has 2 unspecified atom stereocenters. The van der Waals surface area contributed by atoms with Crippen LogP contribution in [-0.2, 0) is 57.5 Å². The van der Waals surface area contributed by atoms with Crippen LogP contribution >= 0.6 is 0 Å². The molecule has 24 nitrogen and oxygen atoms in total. The Morgan fingerprint density at radius 2 is 1.25 bits per heavy atom. The van der Waals surface area contributed by atoms with Crippen molar-refractivity contribution in [3.8, 4) is 0 Å². The van der Waals surface area contributed by atoms with E-state index in [-0.39, 0.29) is 96.2 Å². The third kappa shape index (κ3) is 20.4. The summed E-state index contributed by atoms with van der Waals surface area (Å²) in [6, 6.07) is -11.2. The van der Waals surface area contributed by atoms with Crippen LogP contribution in [-0.4, -0.2) is 276 Å². The van der Waals surface area contributed by atoms with E-state index in [1.54, 1.807) is 32.9 Å². The number of likely N-dealkylation sites (N-methyl/N-ethyl adjacent to an activating group) is 7. The first-order valence-corrected chi connectivity index (χ1v) is 38.1. The average Bonchev–Trinajstić information content (AvgIpc) is 1.52. The Balaban J connectivity index is 1.31. The number of hydrogen-bond donors (Lipinski definition) is 3. The van der Waals surface area contributed by atoms with Gasteiger partial charge in [-0.15, -0.1) is 0 Å². The molecule has 0 radical (unpaired) electrons. The lowest BCUT2D eigenvalue weighted by Gasteiger charge is -2.42. The summed E-state index contributed by atoms with van der Waals surface area (Å²) < 4.78 is 115. The molecule has 4 saturated carbocycles. The van der Waals surface area contributed by atoms with Gasteiger partial charge in [0.15, 0.2) is 0 Å². The van der Waals surface area contributed by atoms with Gasteiger partial charge >= 0.3 is 12.4 Å². The van der Waals surface area contributed by atoms with Crippen LogP contribution in [0.2, 0.25) is 0 Å². The van der Waals surface area contributed by atoms with Crippen LogP contribution in [0, 0.1) is 41.4 Å². The molecule has 7 aliphatic rings. The van der Waals surface area contributed by atoms with E-state index in [2.05, 4.69) is 16.0 Å². The Kier molecular flexibility index (Phi) is 29.9. The number of rotatable bonds is 11. The molecule has 7 rings (SSSR count). The zero-order chi connectivity index (χ0) is 78.8. The number of fused-ring (bicyclic) bond motifs is 3. The minimum atomic E-state index is -5.20. The summed E-state index contributed by atoms with van der Waals surface area (Å²) in [6.45, 7) is 6.80. The second-order valence-corrected chi connectivity index (χ2v) is 31.4. The van der Waals surface area contributed by atoms with Gasteiger partial charge in [-0.25, -0.2) is 8.78 Å². The SMILES string of the molecule is CC[C@@H]1C[C@H]2C(=O)NC3(CCCC3)C(=O)N(C)[C@@H](C3CCCC3)C(=O)N(C)[C@H](C(=O)N(C)CC)CC(=O)N(C)[C@@H](C)C(=O)N[C@@H]([C@@H](C)CC)C(=O)N(C)CC(=O)N(C)[C@H]3C/C=C\CCN(C3=O)[C@@H](CC3CCC(C(F)(F)F)CC3)C(=O)N(C)CC(=O)N[C@@H](CCC3CC(F)C(C(F)(F)F)C(F)C3)C(=O)N2C1. The van der Waals surface area contributed by atoms with Crippen LogP contribution in [0.1, 0.15) is 182 Å². The summed E-state index contributed by atoms with van der Waals surface area (Å²) in [5, 5.41) is 8.44. The molecule has 1 spiro atoms. The number of nitrogens with zero attached hydrogens (tertiary/aromatic N) is 9. The summed E-state index contributed by atoms with van der Waals surface area (Å²) in [7, 11) is 9.48. The Morgan fingerprint density at radius 3 is 1.82 bits per heavy atom. The second-order valence-electron chi connectivity index (χ2n) is 31.4. The van der Waals surface area contributed by atoms with Crippen molar-refractivity contribution >= 4 is 70.9 Å². The highest BCUT2D eigenvalue weighted by Crippen LogP contribution is 2.46. The van der Waals surface area contributed by atoms with Gasteiger partial charge in [-0.3, -0.25) is 57.5 Å². The number of alkyl halides is 8. The first-order valence-electron chi connectivity index (χ1n) is 38.1. The van der Waals surface area contributed by atoms with Crippen LogP contribution in [0.3, 0.4) is 0 Å². The van der Waals surface area contributed by atoms with Gasteiger partial charge in [0.25, 0.3) is 0 Å².